The maximum atomic E-state index is 12.1. The number of anilines is 1. The summed E-state index contributed by atoms with van der Waals surface area (Å²) in [5.41, 5.74) is 0.927. The monoisotopic (exact) mass is 299 g/mol. The minimum atomic E-state index is -0.125. The average molecular weight is 299 g/mol. The first kappa shape index (κ1) is 14.8. The first-order chi connectivity index (χ1) is 10.6. The van der Waals surface area contributed by atoms with Gasteiger partial charge in [-0.25, -0.2) is 9.97 Å². The van der Waals surface area contributed by atoms with Crippen LogP contribution in [0.3, 0.4) is 0 Å². The van der Waals surface area contributed by atoms with E-state index in [0.717, 1.165) is 29.7 Å². The van der Waals surface area contributed by atoms with Gasteiger partial charge >= 0.3 is 5.97 Å². The van der Waals surface area contributed by atoms with Crippen molar-refractivity contribution >= 4 is 22.7 Å². The Morgan fingerprint density at radius 2 is 2.09 bits per heavy atom. The van der Waals surface area contributed by atoms with Crippen LogP contribution in [0, 0.1) is 11.8 Å². The smallest absolute Gasteiger partial charge is 0.310 e. The number of benzene rings is 1. The van der Waals surface area contributed by atoms with Crippen molar-refractivity contribution in [2.45, 2.75) is 26.3 Å². The van der Waals surface area contributed by atoms with Crippen molar-refractivity contribution in [2.75, 3.05) is 18.6 Å². The van der Waals surface area contributed by atoms with Crippen LogP contribution in [-0.4, -0.2) is 35.6 Å². The van der Waals surface area contributed by atoms with Crippen LogP contribution >= 0.6 is 0 Å². The van der Waals surface area contributed by atoms with Crippen molar-refractivity contribution in [2.24, 2.45) is 11.8 Å². The highest BCUT2D eigenvalue weighted by Crippen LogP contribution is 2.36. The van der Waals surface area contributed by atoms with Gasteiger partial charge in [-0.15, -0.1) is 0 Å². The van der Waals surface area contributed by atoms with E-state index >= 15 is 0 Å². The van der Waals surface area contributed by atoms with Crippen molar-refractivity contribution < 1.29 is 9.53 Å². The van der Waals surface area contributed by atoms with Gasteiger partial charge in [0.25, 0.3) is 0 Å². The third kappa shape index (κ3) is 2.40. The van der Waals surface area contributed by atoms with Crippen LogP contribution in [0.1, 0.15) is 20.3 Å². The molecule has 0 N–H and O–H groups in total. The summed E-state index contributed by atoms with van der Waals surface area (Å²) in [4.78, 5) is 23.2. The van der Waals surface area contributed by atoms with E-state index in [1.807, 2.05) is 24.3 Å². The Hall–Kier alpha value is -2.17. The quantitative estimate of drug-likeness (QED) is 0.816. The number of nitrogens with zero attached hydrogens (tertiary/aromatic N) is 3. The minimum absolute atomic E-state index is 0.0984. The molecule has 2 heterocycles. The van der Waals surface area contributed by atoms with E-state index in [1.165, 1.54) is 7.11 Å². The summed E-state index contributed by atoms with van der Waals surface area (Å²) in [6.45, 7) is 5.09. The fourth-order valence-electron chi connectivity index (χ4n) is 3.51. The summed E-state index contributed by atoms with van der Waals surface area (Å²) in [5, 5.41) is 1.03. The Balaban J connectivity index is 2.04. The highest BCUT2D eigenvalue weighted by atomic mass is 16.5. The first-order valence-corrected chi connectivity index (χ1v) is 7.67. The number of carbonyl (C=O) groups excluding carboxylic acids is 1. The number of rotatable bonds is 3. The van der Waals surface area contributed by atoms with Crippen LogP contribution in [0.2, 0.25) is 0 Å². The number of carbonyl (C=O) groups is 1. The topological polar surface area (TPSA) is 55.3 Å². The van der Waals surface area contributed by atoms with E-state index in [1.54, 1.807) is 6.33 Å². The summed E-state index contributed by atoms with van der Waals surface area (Å²) < 4.78 is 4.99. The number of para-hydroxylation sites is 1. The molecule has 2 aromatic rings. The normalized spacial score (nSPS) is 21.5. The number of hydrogen-bond acceptors (Lipinski definition) is 5. The second-order valence-corrected chi connectivity index (χ2v) is 6.06. The van der Waals surface area contributed by atoms with Crippen molar-refractivity contribution in [3.63, 3.8) is 0 Å². The van der Waals surface area contributed by atoms with Gasteiger partial charge in [-0.1, -0.05) is 26.0 Å². The zero-order valence-corrected chi connectivity index (χ0v) is 13.2. The third-order valence-electron chi connectivity index (χ3n) is 4.43. The molecule has 1 fully saturated rings. The lowest BCUT2D eigenvalue weighted by molar-refractivity contribution is -0.145. The average Bonchev–Trinajstić information content (AvgIpc) is 2.98. The third-order valence-corrected chi connectivity index (χ3v) is 4.43. The lowest BCUT2D eigenvalue weighted by atomic mass is 9.91. The van der Waals surface area contributed by atoms with Crippen molar-refractivity contribution in [1.82, 2.24) is 9.97 Å². The zero-order valence-electron chi connectivity index (χ0n) is 13.2. The first-order valence-electron chi connectivity index (χ1n) is 7.67. The molecule has 0 amide bonds. The Morgan fingerprint density at radius 1 is 1.32 bits per heavy atom. The molecule has 0 aliphatic carbocycles. The molecule has 2 atom stereocenters. The molecule has 3 rings (SSSR count). The van der Waals surface area contributed by atoms with Crippen LogP contribution in [0.25, 0.3) is 10.9 Å². The second-order valence-electron chi connectivity index (χ2n) is 6.06. The molecule has 1 aliphatic rings. The summed E-state index contributed by atoms with van der Waals surface area (Å²) in [6.07, 6.45) is 2.40. The highest BCUT2D eigenvalue weighted by molar-refractivity contribution is 5.90. The number of esters is 1. The number of ether oxygens (including phenoxy) is 1. The summed E-state index contributed by atoms with van der Waals surface area (Å²) in [7, 11) is 1.46. The molecule has 0 saturated carbocycles. The maximum absolute atomic E-state index is 12.1. The SMILES string of the molecule is COC(=O)[C@H]1CCN(c2ncnc3ccccc23)[C@H]1C(C)C. The van der Waals surface area contributed by atoms with Gasteiger partial charge in [-0.05, 0) is 24.5 Å². The van der Waals surface area contributed by atoms with E-state index in [4.69, 9.17) is 4.74 Å². The molecule has 0 bridgehead atoms. The molecule has 1 aliphatic heterocycles. The van der Waals surface area contributed by atoms with Gasteiger partial charge in [0.2, 0.25) is 0 Å². The number of aromatic nitrogens is 2. The van der Waals surface area contributed by atoms with Gasteiger partial charge in [0, 0.05) is 18.0 Å². The lowest BCUT2D eigenvalue weighted by Gasteiger charge is -2.31. The molecule has 0 radical (unpaired) electrons. The standard InChI is InChI=1S/C17H21N3O2/c1-11(2)15-13(17(21)22-3)8-9-20(15)16-12-6-4-5-7-14(12)18-10-19-16/h4-7,10-11,13,15H,8-9H2,1-3H3/t13-,15-/m0/s1. The molecule has 22 heavy (non-hydrogen) atoms. The van der Waals surface area contributed by atoms with E-state index in [9.17, 15) is 4.79 Å². The molecule has 116 valence electrons. The van der Waals surface area contributed by atoms with Gasteiger partial charge in [-0.2, -0.15) is 0 Å². The van der Waals surface area contributed by atoms with Crippen LogP contribution in [0.5, 0.6) is 0 Å². The fraction of sp³-hybridized carbons (Fsp3) is 0.471. The fourth-order valence-corrected chi connectivity index (χ4v) is 3.51. The van der Waals surface area contributed by atoms with E-state index < -0.39 is 0 Å². The predicted octanol–water partition coefficient (Wildman–Crippen LogP) is 2.65. The van der Waals surface area contributed by atoms with Crippen LogP contribution in [-0.2, 0) is 9.53 Å². The highest BCUT2D eigenvalue weighted by Gasteiger charge is 2.42. The zero-order chi connectivity index (χ0) is 15.7. The summed E-state index contributed by atoms with van der Waals surface area (Å²) in [6, 6.07) is 8.09. The molecule has 1 aromatic heterocycles. The van der Waals surface area contributed by atoms with Crippen LogP contribution in [0.15, 0.2) is 30.6 Å². The van der Waals surface area contributed by atoms with Crippen molar-refractivity contribution in [1.29, 1.82) is 0 Å². The summed E-state index contributed by atoms with van der Waals surface area (Å²) >= 11 is 0. The van der Waals surface area contributed by atoms with Crippen molar-refractivity contribution in [3.8, 4) is 0 Å². The number of methoxy groups -OCH3 is 1. The minimum Gasteiger partial charge on any atom is -0.469 e. The lowest BCUT2D eigenvalue weighted by Crippen LogP contribution is -2.40. The second kappa shape index (κ2) is 5.91. The molecule has 1 saturated heterocycles. The van der Waals surface area contributed by atoms with E-state index in [-0.39, 0.29) is 17.9 Å². The number of hydrogen-bond donors (Lipinski definition) is 0. The van der Waals surface area contributed by atoms with Gasteiger partial charge in [0.05, 0.1) is 18.5 Å². The van der Waals surface area contributed by atoms with Gasteiger partial charge in [0.15, 0.2) is 0 Å². The van der Waals surface area contributed by atoms with E-state index in [0.29, 0.717) is 5.92 Å². The molecular weight excluding hydrogens is 278 g/mol. The molecule has 0 spiro atoms. The Bertz CT molecular complexity index is 681. The van der Waals surface area contributed by atoms with Gasteiger partial charge in [-0.3, -0.25) is 4.79 Å². The Labute approximate surface area is 130 Å². The van der Waals surface area contributed by atoms with Crippen molar-refractivity contribution in [3.05, 3.63) is 30.6 Å². The number of fused-ring (bicyclic) bond motifs is 1. The Kier molecular flexibility index (Phi) is 3.96. The largest absolute Gasteiger partial charge is 0.469 e. The molecular formula is C17H21N3O2. The maximum Gasteiger partial charge on any atom is 0.310 e. The molecule has 5 nitrogen and oxygen atoms in total. The molecule has 1 aromatic carbocycles. The predicted molar refractivity (Wildman–Crippen MR) is 85.6 cm³/mol. The van der Waals surface area contributed by atoms with E-state index in [2.05, 4.69) is 28.7 Å². The van der Waals surface area contributed by atoms with Crippen LogP contribution in [0.4, 0.5) is 5.82 Å². The Morgan fingerprint density at radius 3 is 2.82 bits per heavy atom. The van der Waals surface area contributed by atoms with Gasteiger partial charge < -0.3 is 9.64 Å². The van der Waals surface area contributed by atoms with Gasteiger partial charge in [0.1, 0.15) is 12.1 Å². The van der Waals surface area contributed by atoms with Crippen LogP contribution < -0.4 is 4.90 Å². The molecule has 5 heteroatoms. The molecule has 0 unspecified atom stereocenters. The summed E-state index contributed by atoms with van der Waals surface area (Å²) in [5.74, 6) is 1.02.